The summed E-state index contributed by atoms with van der Waals surface area (Å²) >= 11 is 0. The number of aromatic nitrogens is 2. The smallest absolute Gasteiger partial charge is 0.311 e. The number of rotatable bonds is 1. The van der Waals surface area contributed by atoms with Gasteiger partial charge in [0.25, 0.3) is 0 Å². The highest BCUT2D eigenvalue weighted by Gasteiger charge is 2.49. The van der Waals surface area contributed by atoms with Crippen LogP contribution in [0.3, 0.4) is 0 Å². The van der Waals surface area contributed by atoms with Crippen molar-refractivity contribution < 1.29 is 13.9 Å². The van der Waals surface area contributed by atoms with E-state index >= 15 is 0 Å². The van der Waals surface area contributed by atoms with Crippen molar-refractivity contribution in [2.24, 2.45) is 5.92 Å². The molecule has 98 valence electrons. The van der Waals surface area contributed by atoms with Crippen LogP contribution in [0.5, 0.6) is 6.01 Å². The van der Waals surface area contributed by atoms with Gasteiger partial charge in [-0.25, -0.2) is 0 Å². The lowest BCUT2D eigenvalue weighted by Crippen LogP contribution is -2.39. The van der Waals surface area contributed by atoms with Crippen LogP contribution in [0.25, 0.3) is 0 Å². The highest BCUT2D eigenvalue weighted by molar-refractivity contribution is 5.08. The van der Waals surface area contributed by atoms with E-state index in [4.69, 9.17) is 9.47 Å². The van der Waals surface area contributed by atoms with Crippen LogP contribution in [-0.4, -0.2) is 21.8 Å². The Kier molecular flexibility index (Phi) is 2.45. The molecule has 0 aromatic carbocycles. The molecular weight excluding hydrogens is 239 g/mol. The second-order valence-electron chi connectivity index (χ2n) is 5.00. The number of nitrogens with zero attached hydrogens (tertiary/aromatic N) is 2. The van der Waals surface area contributed by atoms with Crippen molar-refractivity contribution in [3.8, 4) is 6.01 Å². The van der Waals surface area contributed by atoms with Crippen LogP contribution < -0.4 is 10.3 Å². The Morgan fingerprint density at radius 1 is 1.67 bits per heavy atom. The Bertz CT molecular complexity index is 545. The zero-order valence-corrected chi connectivity index (χ0v) is 10.4. The van der Waals surface area contributed by atoms with Crippen molar-refractivity contribution in [3.63, 3.8) is 0 Å². The van der Waals surface area contributed by atoms with Crippen molar-refractivity contribution in [1.82, 2.24) is 9.55 Å². The first-order valence-corrected chi connectivity index (χ1v) is 6.15. The maximum absolute atomic E-state index is 13.3. The predicted molar refractivity (Wildman–Crippen MR) is 60.9 cm³/mol. The minimum atomic E-state index is -0.891. The fourth-order valence-electron chi connectivity index (χ4n) is 2.76. The van der Waals surface area contributed by atoms with Gasteiger partial charge in [-0.1, -0.05) is 13.8 Å². The molecule has 1 saturated heterocycles. The standard InChI is InChI=1S/C12H15FN2O3/c1-3-12-6-17-11-14-10(16)8(13)5-15(11)9(18-12)4-7(12)2/h5,7,9H,3-4,6H2,1-2H3/t7-,9+,12+/m0/s1. The minimum absolute atomic E-state index is 0.147. The molecule has 2 aliphatic rings. The van der Waals surface area contributed by atoms with E-state index in [1.807, 2.05) is 6.92 Å². The predicted octanol–water partition coefficient (Wildman–Crippen LogP) is 1.48. The summed E-state index contributed by atoms with van der Waals surface area (Å²) in [6, 6.07) is 0.147. The summed E-state index contributed by atoms with van der Waals surface area (Å²) in [6.07, 6.45) is 2.40. The van der Waals surface area contributed by atoms with Crippen LogP contribution in [0, 0.1) is 11.7 Å². The monoisotopic (exact) mass is 254 g/mol. The van der Waals surface area contributed by atoms with Gasteiger partial charge in [0.1, 0.15) is 18.4 Å². The van der Waals surface area contributed by atoms with Crippen LogP contribution >= 0.6 is 0 Å². The van der Waals surface area contributed by atoms with E-state index in [0.29, 0.717) is 12.5 Å². The van der Waals surface area contributed by atoms with E-state index in [0.717, 1.165) is 19.0 Å². The number of halogens is 1. The Morgan fingerprint density at radius 2 is 2.44 bits per heavy atom. The molecular formula is C12H15FN2O3. The molecule has 3 rings (SSSR count). The van der Waals surface area contributed by atoms with E-state index in [1.54, 1.807) is 0 Å². The third kappa shape index (κ3) is 1.48. The Balaban J connectivity index is 2.09. The molecule has 2 bridgehead atoms. The molecule has 0 aliphatic carbocycles. The fraction of sp³-hybridized carbons (Fsp3) is 0.667. The first-order valence-electron chi connectivity index (χ1n) is 6.15. The summed E-state index contributed by atoms with van der Waals surface area (Å²) in [5.41, 5.74) is -1.25. The van der Waals surface area contributed by atoms with Crippen molar-refractivity contribution in [3.05, 3.63) is 22.4 Å². The molecule has 0 amide bonds. The molecule has 18 heavy (non-hydrogen) atoms. The molecule has 0 saturated carbocycles. The van der Waals surface area contributed by atoms with E-state index in [9.17, 15) is 9.18 Å². The van der Waals surface area contributed by atoms with E-state index < -0.39 is 11.4 Å². The lowest BCUT2D eigenvalue weighted by atomic mass is 9.87. The molecule has 3 atom stereocenters. The summed E-state index contributed by atoms with van der Waals surface area (Å²) in [6.45, 7) is 4.49. The van der Waals surface area contributed by atoms with Crippen LogP contribution in [0.2, 0.25) is 0 Å². The van der Waals surface area contributed by atoms with Gasteiger partial charge in [0.05, 0.1) is 6.20 Å². The Labute approximate surface area is 104 Å². The van der Waals surface area contributed by atoms with Gasteiger partial charge in [-0.05, 0) is 18.8 Å². The maximum atomic E-state index is 13.3. The summed E-state index contributed by atoms with van der Waals surface area (Å²) in [7, 11) is 0. The van der Waals surface area contributed by atoms with E-state index in [2.05, 4.69) is 11.9 Å². The molecule has 1 aromatic rings. The van der Waals surface area contributed by atoms with Gasteiger partial charge in [0.2, 0.25) is 5.82 Å². The topological polar surface area (TPSA) is 53.3 Å². The average Bonchev–Trinajstić information content (AvgIpc) is 2.59. The van der Waals surface area contributed by atoms with Crippen molar-refractivity contribution >= 4 is 0 Å². The van der Waals surface area contributed by atoms with E-state index in [-0.39, 0.29) is 17.8 Å². The third-order valence-corrected chi connectivity index (χ3v) is 4.05. The van der Waals surface area contributed by atoms with Crippen molar-refractivity contribution in [2.45, 2.75) is 38.5 Å². The Hall–Kier alpha value is -1.43. The largest absolute Gasteiger partial charge is 0.461 e. The molecule has 0 N–H and O–H groups in total. The van der Waals surface area contributed by atoms with Crippen molar-refractivity contribution in [2.75, 3.05) is 6.61 Å². The first kappa shape index (κ1) is 11.6. The second-order valence-corrected chi connectivity index (χ2v) is 5.00. The lowest BCUT2D eigenvalue weighted by molar-refractivity contribution is -0.0894. The molecule has 2 aliphatic heterocycles. The molecule has 3 heterocycles. The maximum Gasteiger partial charge on any atom is 0.311 e. The second kappa shape index (κ2) is 3.78. The van der Waals surface area contributed by atoms with Gasteiger partial charge in [-0.15, -0.1) is 0 Å². The number of fused-ring (bicyclic) bond motifs is 4. The van der Waals surface area contributed by atoms with Crippen LogP contribution in [0.4, 0.5) is 4.39 Å². The molecule has 6 heteroatoms. The molecule has 0 spiro atoms. The summed E-state index contributed by atoms with van der Waals surface area (Å²) in [5.74, 6) is -0.558. The quantitative estimate of drug-likeness (QED) is 0.761. The molecule has 5 nitrogen and oxygen atoms in total. The fourth-order valence-corrected chi connectivity index (χ4v) is 2.76. The van der Waals surface area contributed by atoms with Gasteiger partial charge >= 0.3 is 11.6 Å². The zero-order chi connectivity index (χ0) is 12.9. The average molecular weight is 254 g/mol. The molecule has 0 radical (unpaired) electrons. The molecule has 1 aromatic heterocycles. The van der Waals surface area contributed by atoms with Crippen LogP contribution in [0.15, 0.2) is 11.0 Å². The van der Waals surface area contributed by atoms with E-state index in [1.165, 1.54) is 4.57 Å². The van der Waals surface area contributed by atoms with Gasteiger partial charge in [-0.3, -0.25) is 9.36 Å². The molecule has 1 fully saturated rings. The van der Waals surface area contributed by atoms with Gasteiger partial charge < -0.3 is 9.47 Å². The minimum Gasteiger partial charge on any atom is -0.461 e. The number of hydrogen-bond donors (Lipinski definition) is 0. The highest BCUT2D eigenvalue weighted by atomic mass is 19.1. The summed E-state index contributed by atoms with van der Waals surface area (Å²) < 4.78 is 26.4. The third-order valence-electron chi connectivity index (χ3n) is 4.05. The zero-order valence-electron chi connectivity index (χ0n) is 10.4. The number of hydrogen-bond acceptors (Lipinski definition) is 4. The van der Waals surface area contributed by atoms with Crippen molar-refractivity contribution in [1.29, 1.82) is 0 Å². The number of ether oxygens (including phenoxy) is 2. The van der Waals surface area contributed by atoms with Gasteiger partial charge in [-0.2, -0.15) is 9.37 Å². The highest BCUT2D eigenvalue weighted by Crippen LogP contribution is 2.46. The van der Waals surface area contributed by atoms with Gasteiger partial charge in [0.15, 0.2) is 0 Å². The van der Waals surface area contributed by atoms with Crippen LogP contribution in [-0.2, 0) is 4.74 Å². The molecule has 0 unspecified atom stereocenters. The normalized spacial score (nSPS) is 33.7. The lowest BCUT2D eigenvalue weighted by Gasteiger charge is -2.29. The van der Waals surface area contributed by atoms with Crippen LogP contribution in [0.1, 0.15) is 32.9 Å². The summed E-state index contributed by atoms with van der Waals surface area (Å²) in [5, 5.41) is 0. The first-order chi connectivity index (χ1) is 8.55. The Morgan fingerprint density at radius 3 is 3.17 bits per heavy atom. The summed E-state index contributed by atoms with van der Waals surface area (Å²) in [4.78, 5) is 14.8. The SMILES string of the molecule is CC[C@@]12COc3nc(=O)c(F)cn3[C@@H](C[C@@H]1C)O2. The van der Waals surface area contributed by atoms with Gasteiger partial charge in [0, 0.05) is 0 Å².